The average Bonchev–Trinajstić information content (AvgIpc) is 3.02. The molecular weight excluding hydrogens is 376 g/mol. The molecular formula is C20H24N4O3S. The van der Waals surface area contributed by atoms with Crippen molar-refractivity contribution in [1.82, 2.24) is 14.3 Å². The first-order valence-corrected chi connectivity index (χ1v) is 10.8. The second kappa shape index (κ2) is 6.79. The molecule has 0 bridgehead atoms. The van der Waals surface area contributed by atoms with Gasteiger partial charge in [-0.1, -0.05) is 12.1 Å². The van der Waals surface area contributed by atoms with Gasteiger partial charge in [-0.3, -0.25) is 0 Å². The molecule has 148 valence electrons. The van der Waals surface area contributed by atoms with E-state index in [9.17, 15) is 13.2 Å². The average molecular weight is 401 g/mol. The molecule has 2 heterocycles. The van der Waals surface area contributed by atoms with Crippen molar-refractivity contribution in [1.29, 1.82) is 0 Å². The Kier molecular flexibility index (Phi) is 4.55. The lowest BCUT2D eigenvalue weighted by Gasteiger charge is -2.36. The molecule has 28 heavy (non-hydrogen) atoms. The highest BCUT2D eigenvalue weighted by Crippen LogP contribution is 2.27. The summed E-state index contributed by atoms with van der Waals surface area (Å²) in [5, 5.41) is 0. The first-order valence-electron chi connectivity index (χ1n) is 9.31. The normalized spacial score (nSPS) is 16.0. The first kappa shape index (κ1) is 18.8. The van der Waals surface area contributed by atoms with Crippen LogP contribution in [0.15, 0.2) is 40.0 Å². The van der Waals surface area contributed by atoms with Crippen molar-refractivity contribution >= 4 is 26.7 Å². The summed E-state index contributed by atoms with van der Waals surface area (Å²) in [5.74, 6) is 0. The molecule has 3 aromatic rings. The van der Waals surface area contributed by atoms with Gasteiger partial charge in [-0.25, -0.2) is 13.2 Å². The number of nitrogens with one attached hydrogen (secondary N) is 2. The maximum absolute atomic E-state index is 13.2. The van der Waals surface area contributed by atoms with E-state index in [1.807, 2.05) is 6.07 Å². The number of sulfonamides is 1. The number of anilines is 1. The number of imidazole rings is 1. The van der Waals surface area contributed by atoms with Crippen LogP contribution in [0.3, 0.4) is 0 Å². The van der Waals surface area contributed by atoms with E-state index < -0.39 is 10.0 Å². The maximum Gasteiger partial charge on any atom is 0.323 e. The van der Waals surface area contributed by atoms with Crippen LogP contribution in [0.25, 0.3) is 11.0 Å². The van der Waals surface area contributed by atoms with Crippen LogP contribution in [-0.4, -0.2) is 48.9 Å². The SMILES string of the molecule is Cc1cc2[nH]c(=O)[nH]c2cc1S(=O)(=O)N1CCN(c2cccc(C)c2C)CC1. The Hall–Kier alpha value is -2.58. The molecule has 2 N–H and O–H groups in total. The third-order valence-electron chi connectivity index (χ3n) is 5.58. The summed E-state index contributed by atoms with van der Waals surface area (Å²) < 4.78 is 28.0. The topological polar surface area (TPSA) is 89.3 Å². The van der Waals surface area contributed by atoms with Crippen LogP contribution in [0.4, 0.5) is 5.69 Å². The van der Waals surface area contributed by atoms with Gasteiger partial charge < -0.3 is 14.9 Å². The van der Waals surface area contributed by atoms with Crippen molar-refractivity contribution in [2.45, 2.75) is 25.7 Å². The van der Waals surface area contributed by atoms with Gasteiger partial charge in [-0.05, 0) is 55.7 Å². The van der Waals surface area contributed by atoms with Crippen molar-refractivity contribution in [3.05, 3.63) is 57.5 Å². The minimum Gasteiger partial charge on any atom is -0.369 e. The number of nitrogens with zero attached hydrogens (tertiary/aromatic N) is 2. The zero-order chi connectivity index (χ0) is 20.1. The zero-order valence-electron chi connectivity index (χ0n) is 16.2. The molecule has 0 aliphatic carbocycles. The highest BCUT2D eigenvalue weighted by Gasteiger charge is 2.30. The van der Waals surface area contributed by atoms with Crippen LogP contribution in [0, 0.1) is 20.8 Å². The van der Waals surface area contributed by atoms with E-state index in [4.69, 9.17) is 0 Å². The van der Waals surface area contributed by atoms with Gasteiger partial charge in [0.05, 0.1) is 15.9 Å². The molecule has 2 aromatic carbocycles. The summed E-state index contributed by atoms with van der Waals surface area (Å²) >= 11 is 0. The van der Waals surface area contributed by atoms with E-state index in [1.165, 1.54) is 21.1 Å². The largest absolute Gasteiger partial charge is 0.369 e. The lowest BCUT2D eigenvalue weighted by atomic mass is 10.1. The number of benzene rings is 2. The Balaban J connectivity index is 1.59. The predicted octanol–water partition coefficient (Wildman–Crippen LogP) is 2.29. The Bertz CT molecular complexity index is 1200. The van der Waals surface area contributed by atoms with Crippen molar-refractivity contribution in [3.8, 4) is 0 Å². The summed E-state index contributed by atoms with van der Waals surface area (Å²) in [6.45, 7) is 8.09. The van der Waals surface area contributed by atoms with Gasteiger partial charge in [0.1, 0.15) is 0 Å². The molecule has 4 rings (SSSR count). The van der Waals surface area contributed by atoms with Gasteiger partial charge in [0.15, 0.2) is 0 Å². The number of fused-ring (bicyclic) bond motifs is 1. The number of aryl methyl sites for hydroxylation is 2. The van der Waals surface area contributed by atoms with E-state index in [-0.39, 0.29) is 10.6 Å². The molecule has 1 aromatic heterocycles. The third-order valence-corrected chi connectivity index (χ3v) is 7.63. The van der Waals surface area contributed by atoms with Crippen LogP contribution >= 0.6 is 0 Å². The van der Waals surface area contributed by atoms with Gasteiger partial charge in [-0.15, -0.1) is 0 Å². The van der Waals surface area contributed by atoms with Crippen molar-refractivity contribution in [3.63, 3.8) is 0 Å². The fraction of sp³-hybridized carbons (Fsp3) is 0.350. The smallest absolute Gasteiger partial charge is 0.323 e. The van der Waals surface area contributed by atoms with Gasteiger partial charge in [0.25, 0.3) is 0 Å². The predicted molar refractivity (Wildman–Crippen MR) is 111 cm³/mol. The molecule has 0 saturated carbocycles. The molecule has 0 amide bonds. The Morgan fingerprint density at radius 1 is 0.893 bits per heavy atom. The van der Waals surface area contributed by atoms with Crippen molar-refractivity contribution in [2.75, 3.05) is 31.1 Å². The summed E-state index contributed by atoms with van der Waals surface area (Å²) in [5.41, 5.74) is 5.03. The molecule has 1 aliphatic rings. The molecule has 0 atom stereocenters. The fourth-order valence-corrected chi connectivity index (χ4v) is 5.49. The van der Waals surface area contributed by atoms with Crippen LogP contribution < -0.4 is 10.6 Å². The van der Waals surface area contributed by atoms with Crippen LogP contribution in [0.2, 0.25) is 0 Å². The van der Waals surface area contributed by atoms with Gasteiger partial charge in [-0.2, -0.15) is 4.31 Å². The molecule has 7 nitrogen and oxygen atoms in total. The lowest BCUT2D eigenvalue weighted by Crippen LogP contribution is -2.49. The molecule has 0 radical (unpaired) electrons. The van der Waals surface area contributed by atoms with Gasteiger partial charge in [0, 0.05) is 31.9 Å². The van der Waals surface area contributed by atoms with Crippen LogP contribution in [0.1, 0.15) is 16.7 Å². The number of aromatic amines is 2. The van der Waals surface area contributed by atoms with E-state index in [0.29, 0.717) is 42.8 Å². The first-order chi connectivity index (χ1) is 13.3. The van der Waals surface area contributed by atoms with E-state index in [2.05, 4.69) is 40.8 Å². The second-order valence-electron chi connectivity index (χ2n) is 7.35. The monoisotopic (exact) mass is 400 g/mol. The fourth-order valence-electron chi connectivity index (χ4n) is 3.84. The Morgan fingerprint density at radius 3 is 2.21 bits per heavy atom. The van der Waals surface area contributed by atoms with E-state index in [0.717, 1.165) is 0 Å². The van der Waals surface area contributed by atoms with Crippen molar-refractivity contribution in [2.24, 2.45) is 0 Å². The van der Waals surface area contributed by atoms with Gasteiger partial charge >= 0.3 is 5.69 Å². The molecule has 8 heteroatoms. The number of rotatable bonds is 3. The molecule has 0 unspecified atom stereocenters. The van der Waals surface area contributed by atoms with E-state index in [1.54, 1.807) is 19.1 Å². The summed E-state index contributed by atoms with van der Waals surface area (Å²) in [6, 6.07) is 9.47. The van der Waals surface area contributed by atoms with Crippen LogP contribution in [0.5, 0.6) is 0 Å². The number of aromatic nitrogens is 2. The number of hydrogen-bond donors (Lipinski definition) is 2. The van der Waals surface area contributed by atoms with Gasteiger partial charge in [0.2, 0.25) is 10.0 Å². The number of hydrogen-bond acceptors (Lipinski definition) is 4. The third kappa shape index (κ3) is 3.12. The molecule has 1 aliphatic heterocycles. The lowest BCUT2D eigenvalue weighted by molar-refractivity contribution is 0.384. The Labute approximate surface area is 164 Å². The number of piperazine rings is 1. The zero-order valence-corrected chi connectivity index (χ0v) is 17.1. The van der Waals surface area contributed by atoms with E-state index >= 15 is 0 Å². The second-order valence-corrected chi connectivity index (χ2v) is 9.26. The summed E-state index contributed by atoms with van der Waals surface area (Å²) in [6.07, 6.45) is 0. The summed E-state index contributed by atoms with van der Waals surface area (Å²) in [7, 11) is -3.63. The molecule has 1 saturated heterocycles. The molecule has 0 spiro atoms. The number of H-pyrrole nitrogens is 2. The summed E-state index contributed by atoms with van der Waals surface area (Å²) in [4.78, 5) is 19.3. The highest BCUT2D eigenvalue weighted by molar-refractivity contribution is 7.89. The highest BCUT2D eigenvalue weighted by atomic mass is 32.2. The Morgan fingerprint density at radius 2 is 1.54 bits per heavy atom. The maximum atomic E-state index is 13.2. The quantitative estimate of drug-likeness (QED) is 0.706. The molecule has 1 fully saturated rings. The standard InChI is InChI=1S/C20H24N4O3S/c1-13-5-4-6-18(15(13)3)23-7-9-24(10-8-23)28(26,27)19-12-17-16(11-14(19)2)21-20(25)22-17/h4-6,11-12H,7-10H2,1-3H3,(H2,21,22,25). The minimum atomic E-state index is -3.63. The van der Waals surface area contributed by atoms with Crippen LogP contribution in [-0.2, 0) is 10.0 Å². The van der Waals surface area contributed by atoms with Crippen molar-refractivity contribution < 1.29 is 8.42 Å². The minimum absolute atomic E-state index is 0.246.